The van der Waals surface area contributed by atoms with Gasteiger partial charge in [0.05, 0.1) is 6.04 Å². The molecule has 1 amide bonds. The first-order valence-electron chi connectivity index (χ1n) is 9.06. The predicted molar refractivity (Wildman–Crippen MR) is 106 cm³/mol. The van der Waals surface area contributed by atoms with E-state index in [1.807, 2.05) is 30.3 Å². The molecule has 2 aromatic carbocycles. The van der Waals surface area contributed by atoms with Crippen molar-refractivity contribution in [2.75, 3.05) is 0 Å². The Bertz CT molecular complexity index is 862. The molecule has 1 aliphatic carbocycles. The molecule has 4 nitrogen and oxygen atoms in total. The molecular formula is C22H22ClNO3. The highest BCUT2D eigenvalue weighted by atomic mass is 35.5. The van der Waals surface area contributed by atoms with Gasteiger partial charge in [-0.2, -0.15) is 0 Å². The maximum Gasteiger partial charge on any atom is 0.331 e. The van der Waals surface area contributed by atoms with Gasteiger partial charge in [-0.3, -0.25) is 4.79 Å². The van der Waals surface area contributed by atoms with Crippen LogP contribution in [-0.4, -0.2) is 18.0 Å². The first-order valence-corrected chi connectivity index (χ1v) is 9.44. The Morgan fingerprint density at radius 3 is 2.74 bits per heavy atom. The van der Waals surface area contributed by atoms with Crippen LogP contribution in [0.5, 0.6) is 0 Å². The van der Waals surface area contributed by atoms with Gasteiger partial charge in [-0.05, 0) is 55.0 Å². The molecule has 2 aromatic rings. The molecule has 0 saturated heterocycles. The van der Waals surface area contributed by atoms with Crippen molar-refractivity contribution in [1.82, 2.24) is 5.32 Å². The van der Waals surface area contributed by atoms with E-state index in [9.17, 15) is 9.59 Å². The van der Waals surface area contributed by atoms with Gasteiger partial charge in [0.25, 0.3) is 5.91 Å². The van der Waals surface area contributed by atoms with Crippen molar-refractivity contribution >= 4 is 29.6 Å². The Morgan fingerprint density at radius 2 is 1.93 bits per heavy atom. The smallest absolute Gasteiger partial charge is 0.331 e. The minimum atomic E-state index is -0.873. The second-order valence-corrected chi connectivity index (χ2v) is 6.99. The van der Waals surface area contributed by atoms with Crippen molar-refractivity contribution in [3.63, 3.8) is 0 Å². The van der Waals surface area contributed by atoms with Crippen LogP contribution < -0.4 is 5.32 Å². The third-order valence-corrected chi connectivity index (χ3v) is 5.00. The van der Waals surface area contributed by atoms with Gasteiger partial charge in [0.1, 0.15) is 0 Å². The number of esters is 1. The fourth-order valence-corrected chi connectivity index (χ4v) is 3.43. The molecule has 0 aromatic heterocycles. The summed E-state index contributed by atoms with van der Waals surface area (Å²) in [5.74, 6) is -0.877. The fourth-order valence-electron chi connectivity index (χ4n) is 3.23. The lowest BCUT2D eigenvalue weighted by Gasteiger charge is -2.27. The maximum absolute atomic E-state index is 12.5. The molecule has 140 valence electrons. The van der Waals surface area contributed by atoms with Crippen LogP contribution in [0.25, 0.3) is 6.08 Å². The molecule has 2 atom stereocenters. The van der Waals surface area contributed by atoms with Crippen LogP contribution in [-0.2, 0) is 20.7 Å². The van der Waals surface area contributed by atoms with Crippen LogP contribution in [0.3, 0.4) is 0 Å². The van der Waals surface area contributed by atoms with E-state index in [2.05, 4.69) is 11.4 Å². The van der Waals surface area contributed by atoms with Gasteiger partial charge in [-0.15, -0.1) is 0 Å². The number of aryl methyl sites for hydroxylation is 1. The molecule has 0 aliphatic heterocycles. The largest absolute Gasteiger partial charge is 0.449 e. The zero-order valence-electron chi connectivity index (χ0n) is 15.2. The normalized spacial score (nSPS) is 17.2. The molecule has 27 heavy (non-hydrogen) atoms. The molecule has 0 spiro atoms. The number of benzene rings is 2. The third-order valence-electron chi connectivity index (χ3n) is 4.65. The number of nitrogens with one attached hydrogen (secondary N) is 1. The average Bonchev–Trinajstić information content (AvgIpc) is 2.67. The summed E-state index contributed by atoms with van der Waals surface area (Å²) in [6.07, 6.45) is 4.92. The lowest BCUT2D eigenvalue weighted by atomic mass is 9.87. The molecule has 0 unspecified atom stereocenters. The van der Waals surface area contributed by atoms with Crippen LogP contribution in [0.1, 0.15) is 42.5 Å². The molecule has 0 fully saturated rings. The molecular weight excluding hydrogens is 362 g/mol. The van der Waals surface area contributed by atoms with Crippen LogP contribution in [0, 0.1) is 0 Å². The first-order chi connectivity index (χ1) is 13.0. The van der Waals surface area contributed by atoms with Crippen LogP contribution in [0.15, 0.2) is 54.6 Å². The highest BCUT2D eigenvalue weighted by Crippen LogP contribution is 2.29. The number of fused-ring (bicyclic) bond motifs is 1. The predicted octanol–water partition coefficient (Wildman–Crippen LogP) is 4.48. The molecule has 3 rings (SSSR count). The summed E-state index contributed by atoms with van der Waals surface area (Å²) in [7, 11) is 0. The first kappa shape index (κ1) is 19.2. The van der Waals surface area contributed by atoms with E-state index in [1.54, 1.807) is 25.1 Å². The van der Waals surface area contributed by atoms with Crippen LogP contribution in [0.4, 0.5) is 0 Å². The van der Waals surface area contributed by atoms with E-state index in [-0.39, 0.29) is 11.9 Å². The van der Waals surface area contributed by atoms with Gasteiger partial charge in [-0.1, -0.05) is 54.1 Å². The standard InChI is InChI=1S/C22H22ClNO3/c1-15(27-21(25)14-13-17-8-3-5-11-19(17)23)22(26)24-20-12-6-9-16-7-2-4-10-18(16)20/h2-5,7-8,10-11,13-15,20H,6,9,12H2,1H3,(H,24,26)/b14-13+/t15-,20-/m0/s1. The second kappa shape index (κ2) is 8.87. The van der Waals surface area contributed by atoms with Crippen LogP contribution >= 0.6 is 11.6 Å². The minimum Gasteiger partial charge on any atom is -0.449 e. The minimum absolute atomic E-state index is 0.0396. The zero-order valence-corrected chi connectivity index (χ0v) is 15.9. The Labute approximate surface area is 164 Å². The Balaban J connectivity index is 1.57. The van der Waals surface area contributed by atoms with E-state index < -0.39 is 12.1 Å². The summed E-state index contributed by atoms with van der Waals surface area (Å²) in [6, 6.07) is 15.3. The number of carbonyl (C=O) groups excluding carboxylic acids is 2. The number of rotatable bonds is 5. The highest BCUT2D eigenvalue weighted by Gasteiger charge is 2.24. The van der Waals surface area contributed by atoms with E-state index in [1.165, 1.54) is 11.6 Å². The van der Waals surface area contributed by atoms with E-state index >= 15 is 0 Å². The Hall–Kier alpha value is -2.59. The molecule has 0 heterocycles. The van der Waals surface area contributed by atoms with Gasteiger partial charge >= 0.3 is 5.97 Å². The molecule has 5 heteroatoms. The number of hydrogen-bond acceptors (Lipinski definition) is 3. The number of amides is 1. The lowest BCUT2D eigenvalue weighted by Crippen LogP contribution is -2.39. The quantitative estimate of drug-likeness (QED) is 0.611. The van der Waals surface area contributed by atoms with Crippen molar-refractivity contribution in [1.29, 1.82) is 0 Å². The number of ether oxygens (including phenoxy) is 1. The van der Waals surface area contributed by atoms with Crippen molar-refractivity contribution in [2.45, 2.75) is 38.3 Å². The summed E-state index contributed by atoms with van der Waals surface area (Å²) in [6.45, 7) is 1.57. The summed E-state index contributed by atoms with van der Waals surface area (Å²) >= 11 is 6.05. The zero-order chi connectivity index (χ0) is 19.2. The van der Waals surface area contributed by atoms with Crippen molar-refractivity contribution in [3.05, 3.63) is 76.3 Å². The number of carbonyl (C=O) groups is 2. The number of halogens is 1. The topological polar surface area (TPSA) is 55.4 Å². The van der Waals surface area contributed by atoms with Crippen LogP contribution in [0.2, 0.25) is 5.02 Å². The molecule has 1 aliphatic rings. The third kappa shape index (κ3) is 4.98. The Morgan fingerprint density at radius 1 is 1.19 bits per heavy atom. The second-order valence-electron chi connectivity index (χ2n) is 6.59. The highest BCUT2D eigenvalue weighted by molar-refractivity contribution is 6.32. The molecule has 0 radical (unpaired) electrons. The molecule has 0 saturated carbocycles. The molecule has 0 bridgehead atoms. The molecule has 1 N–H and O–H groups in total. The lowest BCUT2D eigenvalue weighted by molar-refractivity contribution is -0.150. The summed E-state index contributed by atoms with van der Waals surface area (Å²) in [4.78, 5) is 24.5. The van der Waals surface area contributed by atoms with Gasteiger partial charge in [0, 0.05) is 11.1 Å². The van der Waals surface area contributed by atoms with Crippen molar-refractivity contribution < 1.29 is 14.3 Å². The average molecular weight is 384 g/mol. The fraction of sp³-hybridized carbons (Fsp3) is 0.273. The summed E-state index contributed by atoms with van der Waals surface area (Å²) in [5.41, 5.74) is 3.13. The monoisotopic (exact) mass is 383 g/mol. The summed E-state index contributed by atoms with van der Waals surface area (Å²) in [5, 5.41) is 3.55. The van der Waals surface area contributed by atoms with Gasteiger partial charge < -0.3 is 10.1 Å². The summed E-state index contributed by atoms with van der Waals surface area (Å²) < 4.78 is 5.22. The SMILES string of the molecule is C[C@H](OC(=O)/C=C/c1ccccc1Cl)C(=O)N[C@H]1CCCc2ccccc21. The number of hydrogen-bond donors (Lipinski definition) is 1. The van der Waals surface area contributed by atoms with Gasteiger partial charge in [0.15, 0.2) is 6.10 Å². The van der Waals surface area contributed by atoms with Gasteiger partial charge in [0.2, 0.25) is 0 Å². The van der Waals surface area contributed by atoms with Crippen molar-refractivity contribution in [2.24, 2.45) is 0 Å². The van der Waals surface area contributed by atoms with E-state index in [0.717, 1.165) is 24.8 Å². The van der Waals surface area contributed by atoms with E-state index in [4.69, 9.17) is 16.3 Å². The maximum atomic E-state index is 12.5. The Kier molecular flexibility index (Phi) is 6.30. The van der Waals surface area contributed by atoms with Crippen molar-refractivity contribution in [3.8, 4) is 0 Å². The van der Waals surface area contributed by atoms with E-state index in [0.29, 0.717) is 10.6 Å². The van der Waals surface area contributed by atoms with Gasteiger partial charge in [-0.25, -0.2) is 4.79 Å².